The number of benzene rings is 1. The van der Waals surface area contributed by atoms with E-state index in [0.29, 0.717) is 5.75 Å². The van der Waals surface area contributed by atoms with Crippen LogP contribution in [0.5, 0.6) is 11.5 Å². The van der Waals surface area contributed by atoms with Crippen molar-refractivity contribution >= 4 is 0 Å². The summed E-state index contributed by atoms with van der Waals surface area (Å²) in [5, 5.41) is 2.30. The molecule has 18 heavy (non-hydrogen) atoms. The average Bonchev–Trinajstić information content (AvgIpc) is 2.35. The highest BCUT2D eigenvalue weighted by Crippen LogP contribution is 2.43. The second-order valence-electron chi connectivity index (χ2n) is 3.94. The quantitative estimate of drug-likeness (QED) is 0.906. The molecule has 3 nitrogen and oxygen atoms in total. The lowest BCUT2D eigenvalue weighted by Crippen LogP contribution is -2.50. The van der Waals surface area contributed by atoms with Crippen LogP contribution in [0.4, 0.5) is 13.2 Å². The molecule has 0 fully saturated rings. The van der Waals surface area contributed by atoms with Crippen LogP contribution in [0.3, 0.4) is 0 Å². The molecule has 0 aromatic heterocycles. The van der Waals surface area contributed by atoms with Gasteiger partial charge in [0.05, 0.1) is 14.2 Å². The molecule has 1 N–H and O–H groups in total. The van der Waals surface area contributed by atoms with Gasteiger partial charge in [0.1, 0.15) is 17.0 Å². The Kier molecular flexibility index (Phi) is 4.11. The minimum absolute atomic E-state index is 0.0146. The fraction of sp³-hybridized carbons (Fsp3) is 0.500. The predicted molar refractivity (Wildman–Crippen MR) is 62.0 cm³/mol. The number of methoxy groups -OCH3 is 2. The van der Waals surface area contributed by atoms with Gasteiger partial charge in [0, 0.05) is 11.6 Å². The van der Waals surface area contributed by atoms with Crippen molar-refractivity contribution in [2.24, 2.45) is 0 Å². The monoisotopic (exact) mass is 263 g/mol. The van der Waals surface area contributed by atoms with Gasteiger partial charge in [-0.25, -0.2) is 0 Å². The summed E-state index contributed by atoms with van der Waals surface area (Å²) in [6.07, 6.45) is -4.44. The Morgan fingerprint density at radius 2 is 1.72 bits per heavy atom. The van der Waals surface area contributed by atoms with E-state index in [1.165, 1.54) is 39.5 Å². The molecule has 1 unspecified atom stereocenters. The van der Waals surface area contributed by atoms with E-state index in [-0.39, 0.29) is 11.3 Å². The Hall–Kier alpha value is -1.43. The molecule has 1 rings (SSSR count). The standard InChI is InChI=1S/C12H16F3NO2/c1-11(16-2,12(13,14)15)9-6-5-8(17-3)7-10(9)18-4/h5-7,16H,1-4H3. The van der Waals surface area contributed by atoms with Crippen molar-refractivity contribution in [1.29, 1.82) is 0 Å². The second kappa shape index (κ2) is 5.06. The summed E-state index contributed by atoms with van der Waals surface area (Å²) in [7, 11) is 4.03. The molecule has 102 valence electrons. The lowest BCUT2D eigenvalue weighted by Gasteiger charge is -2.33. The number of ether oxygens (including phenoxy) is 2. The Labute approximate surface area is 104 Å². The second-order valence-corrected chi connectivity index (χ2v) is 3.94. The van der Waals surface area contributed by atoms with Crippen molar-refractivity contribution in [2.75, 3.05) is 21.3 Å². The summed E-state index contributed by atoms with van der Waals surface area (Å²) in [6, 6.07) is 4.25. The molecular weight excluding hydrogens is 247 g/mol. The SMILES string of the molecule is CNC(C)(c1ccc(OC)cc1OC)C(F)(F)F. The first-order valence-corrected chi connectivity index (χ1v) is 5.28. The number of rotatable bonds is 4. The summed E-state index contributed by atoms with van der Waals surface area (Å²) >= 11 is 0. The van der Waals surface area contributed by atoms with Crippen LogP contribution in [0.2, 0.25) is 0 Å². The first-order chi connectivity index (χ1) is 8.30. The van der Waals surface area contributed by atoms with Gasteiger partial charge in [0.2, 0.25) is 0 Å². The van der Waals surface area contributed by atoms with E-state index in [2.05, 4.69) is 5.32 Å². The molecule has 6 heteroatoms. The van der Waals surface area contributed by atoms with E-state index in [4.69, 9.17) is 9.47 Å². The van der Waals surface area contributed by atoms with Crippen LogP contribution in [0, 0.1) is 0 Å². The maximum atomic E-state index is 13.1. The fourth-order valence-corrected chi connectivity index (χ4v) is 1.64. The van der Waals surface area contributed by atoms with Crippen LogP contribution < -0.4 is 14.8 Å². The van der Waals surface area contributed by atoms with Crippen molar-refractivity contribution < 1.29 is 22.6 Å². The van der Waals surface area contributed by atoms with Crippen molar-refractivity contribution in [2.45, 2.75) is 18.6 Å². The van der Waals surface area contributed by atoms with Crippen LogP contribution in [-0.4, -0.2) is 27.4 Å². The summed E-state index contributed by atoms with van der Waals surface area (Å²) in [5.41, 5.74) is -2.16. The van der Waals surface area contributed by atoms with Gasteiger partial charge in [0.15, 0.2) is 0 Å². The van der Waals surface area contributed by atoms with E-state index >= 15 is 0 Å². The van der Waals surface area contributed by atoms with Gasteiger partial charge in [-0.05, 0) is 26.1 Å². The number of halogens is 3. The molecule has 0 aliphatic carbocycles. The van der Waals surface area contributed by atoms with Crippen LogP contribution >= 0.6 is 0 Å². The fourth-order valence-electron chi connectivity index (χ4n) is 1.64. The van der Waals surface area contributed by atoms with Gasteiger partial charge < -0.3 is 14.8 Å². The molecule has 0 spiro atoms. The van der Waals surface area contributed by atoms with E-state index in [1.54, 1.807) is 0 Å². The average molecular weight is 263 g/mol. The number of hydrogen-bond acceptors (Lipinski definition) is 3. The van der Waals surface area contributed by atoms with E-state index in [0.717, 1.165) is 6.92 Å². The Morgan fingerprint density at radius 3 is 2.11 bits per heavy atom. The molecule has 0 aliphatic rings. The Morgan fingerprint density at radius 1 is 1.11 bits per heavy atom. The zero-order valence-corrected chi connectivity index (χ0v) is 10.7. The third-order valence-electron chi connectivity index (χ3n) is 3.01. The molecule has 0 radical (unpaired) electrons. The molecule has 0 aliphatic heterocycles. The van der Waals surface area contributed by atoms with Crippen LogP contribution in [0.25, 0.3) is 0 Å². The first kappa shape index (κ1) is 14.6. The van der Waals surface area contributed by atoms with Gasteiger partial charge in [0.25, 0.3) is 0 Å². The first-order valence-electron chi connectivity index (χ1n) is 5.28. The van der Waals surface area contributed by atoms with Crippen LogP contribution in [0.15, 0.2) is 18.2 Å². The van der Waals surface area contributed by atoms with Crippen molar-refractivity contribution in [3.05, 3.63) is 23.8 Å². The molecule has 0 heterocycles. The predicted octanol–water partition coefficient (Wildman–Crippen LogP) is 2.70. The van der Waals surface area contributed by atoms with Crippen molar-refractivity contribution in [1.82, 2.24) is 5.32 Å². The van der Waals surface area contributed by atoms with Gasteiger partial charge in [-0.2, -0.15) is 13.2 Å². The lowest BCUT2D eigenvalue weighted by molar-refractivity contribution is -0.194. The van der Waals surface area contributed by atoms with Gasteiger partial charge in [-0.15, -0.1) is 0 Å². The van der Waals surface area contributed by atoms with Crippen LogP contribution in [0.1, 0.15) is 12.5 Å². The zero-order chi connectivity index (χ0) is 14.0. The lowest BCUT2D eigenvalue weighted by atomic mass is 9.90. The maximum Gasteiger partial charge on any atom is 0.410 e. The molecule has 0 saturated carbocycles. The van der Waals surface area contributed by atoms with Crippen LogP contribution in [-0.2, 0) is 5.54 Å². The van der Waals surface area contributed by atoms with Gasteiger partial charge in [-0.3, -0.25) is 0 Å². The molecule has 0 amide bonds. The number of nitrogens with one attached hydrogen (secondary N) is 1. The minimum atomic E-state index is -4.44. The third kappa shape index (κ3) is 2.38. The molecular formula is C12H16F3NO2. The topological polar surface area (TPSA) is 30.5 Å². The minimum Gasteiger partial charge on any atom is -0.497 e. The van der Waals surface area contributed by atoms with E-state index in [1.807, 2.05) is 0 Å². The third-order valence-corrected chi connectivity index (χ3v) is 3.01. The van der Waals surface area contributed by atoms with Crippen molar-refractivity contribution in [3.8, 4) is 11.5 Å². The van der Waals surface area contributed by atoms with Crippen molar-refractivity contribution in [3.63, 3.8) is 0 Å². The molecule has 1 atom stereocenters. The highest BCUT2D eigenvalue weighted by Gasteiger charge is 2.52. The molecule has 0 saturated heterocycles. The van der Waals surface area contributed by atoms with E-state index in [9.17, 15) is 13.2 Å². The Balaban J connectivity index is 3.38. The summed E-state index contributed by atoms with van der Waals surface area (Å²) < 4.78 is 49.4. The normalized spacial score (nSPS) is 15.1. The summed E-state index contributed by atoms with van der Waals surface area (Å²) in [5.74, 6) is 0.569. The largest absolute Gasteiger partial charge is 0.497 e. The number of hydrogen-bond donors (Lipinski definition) is 1. The summed E-state index contributed by atoms with van der Waals surface area (Å²) in [4.78, 5) is 0. The van der Waals surface area contributed by atoms with Gasteiger partial charge in [-0.1, -0.05) is 0 Å². The maximum absolute atomic E-state index is 13.1. The number of alkyl halides is 3. The van der Waals surface area contributed by atoms with E-state index < -0.39 is 11.7 Å². The highest BCUT2D eigenvalue weighted by molar-refractivity contribution is 5.45. The zero-order valence-electron chi connectivity index (χ0n) is 10.7. The smallest absolute Gasteiger partial charge is 0.410 e. The summed E-state index contributed by atoms with van der Waals surface area (Å²) in [6.45, 7) is 1.07. The Bertz CT molecular complexity index is 420. The highest BCUT2D eigenvalue weighted by atomic mass is 19.4. The molecule has 1 aromatic carbocycles. The molecule has 0 bridgehead atoms. The van der Waals surface area contributed by atoms with Gasteiger partial charge >= 0.3 is 6.18 Å². The molecule has 1 aromatic rings.